The molecule has 0 spiro atoms. The first-order valence-corrected chi connectivity index (χ1v) is 7.80. The largest absolute Gasteiger partial charge is 0.370 e. The molecule has 0 aromatic carbocycles. The van der Waals surface area contributed by atoms with E-state index in [4.69, 9.17) is 0 Å². The lowest BCUT2D eigenvalue weighted by Gasteiger charge is -2.11. The zero-order valence-electron chi connectivity index (χ0n) is 11.5. The Kier molecular flexibility index (Phi) is 4.71. The summed E-state index contributed by atoms with van der Waals surface area (Å²) >= 11 is 3.13. The van der Waals surface area contributed by atoms with E-state index in [1.54, 1.807) is 23.1 Å². The Hall–Kier alpha value is -1.21. The zero-order chi connectivity index (χ0) is 13.8. The molecule has 2 heterocycles. The van der Waals surface area contributed by atoms with Gasteiger partial charge >= 0.3 is 0 Å². The van der Waals surface area contributed by atoms with Crippen LogP contribution in [0, 0.1) is 20.8 Å². The monoisotopic (exact) mass is 295 g/mol. The Balaban J connectivity index is 2.26. The molecule has 0 bridgehead atoms. The van der Waals surface area contributed by atoms with Crippen molar-refractivity contribution in [1.29, 1.82) is 0 Å². The molecule has 19 heavy (non-hydrogen) atoms. The summed E-state index contributed by atoms with van der Waals surface area (Å²) in [6, 6.07) is 0. The maximum absolute atomic E-state index is 4.50. The molecule has 7 heteroatoms. The van der Waals surface area contributed by atoms with Gasteiger partial charge in [-0.3, -0.25) is 0 Å². The van der Waals surface area contributed by atoms with Gasteiger partial charge in [0, 0.05) is 12.1 Å². The fourth-order valence-electron chi connectivity index (χ4n) is 1.52. The van der Waals surface area contributed by atoms with E-state index in [0.29, 0.717) is 0 Å². The van der Waals surface area contributed by atoms with Crippen LogP contribution in [0.2, 0.25) is 0 Å². The SMILES string of the molecule is CCCNc1nc(C)nc(Sc2nnc(C)s2)c1C. The molecule has 2 aromatic rings. The van der Waals surface area contributed by atoms with E-state index in [2.05, 4.69) is 32.4 Å². The third-order valence-corrected chi connectivity index (χ3v) is 4.43. The summed E-state index contributed by atoms with van der Waals surface area (Å²) < 4.78 is 0.917. The minimum Gasteiger partial charge on any atom is -0.370 e. The van der Waals surface area contributed by atoms with Crippen LogP contribution in [0.5, 0.6) is 0 Å². The second-order valence-corrected chi connectivity index (χ2v) is 6.58. The fraction of sp³-hybridized carbons (Fsp3) is 0.500. The first-order valence-electron chi connectivity index (χ1n) is 6.17. The average molecular weight is 295 g/mol. The standard InChI is InChI=1S/C12H17N5S2/c1-5-6-13-10-7(2)11(15-8(3)14-10)19-12-17-16-9(4)18-12/h5-6H2,1-4H3,(H,13,14,15). The van der Waals surface area contributed by atoms with Crippen LogP contribution in [0.25, 0.3) is 0 Å². The van der Waals surface area contributed by atoms with Gasteiger partial charge < -0.3 is 5.32 Å². The van der Waals surface area contributed by atoms with Gasteiger partial charge in [0.2, 0.25) is 0 Å². The predicted octanol–water partition coefficient (Wildman–Crippen LogP) is 3.23. The third kappa shape index (κ3) is 3.63. The fourth-order valence-corrected chi connectivity index (χ4v) is 3.38. The molecule has 0 saturated heterocycles. The van der Waals surface area contributed by atoms with Crippen molar-refractivity contribution in [3.05, 3.63) is 16.4 Å². The summed E-state index contributed by atoms with van der Waals surface area (Å²) in [5.74, 6) is 1.69. The minimum absolute atomic E-state index is 0.771. The molecule has 2 aromatic heterocycles. The number of nitrogens with one attached hydrogen (secondary N) is 1. The van der Waals surface area contributed by atoms with Crippen LogP contribution in [-0.4, -0.2) is 26.7 Å². The van der Waals surface area contributed by atoms with Gasteiger partial charge in [0.25, 0.3) is 0 Å². The van der Waals surface area contributed by atoms with E-state index < -0.39 is 0 Å². The molecule has 2 rings (SSSR count). The highest BCUT2D eigenvalue weighted by molar-refractivity contribution is 8.01. The van der Waals surface area contributed by atoms with Crippen LogP contribution >= 0.6 is 23.1 Å². The maximum atomic E-state index is 4.50. The lowest BCUT2D eigenvalue weighted by atomic mass is 10.3. The molecule has 0 aliphatic carbocycles. The number of aromatic nitrogens is 4. The highest BCUT2D eigenvalue weighted by atomic mass is 32.2. The summed E-state index contributed by atoms with van der Waals surface area (Å²) in [7, 11) is 0. The Bertz CT molecular complexity index is 567. The Morgan fingerprint density at radius 1 is 1.16 bits per heavy atom. The molecule has 0 radical (unpaired) electrons. The van der Waals surface area contributed by atoms with Crippen molar-refractivity contribution in [3.8, 4) is 0 Å². The maximum Gasteiger partial charge on any atom is 0.180 e. The summed E-state index contributed by atoms with van der Waals surface area (Å²) in [5.41, 5.74) is 1.07. The molecule has 0 aliphatic rings. The van der Waals surface area contributed by atoms with Gasteiger partial charge in [-0.1, -0.05) is 18.3 Å². The van der Waals surface area contributed by atoms with Crippen LogP contribution in [0.3, 0.4) is 0 Å². The highest BCUT2D eigenvalue weighted by Crippen LogP contribution is 2.32. The topological polar surface area (TPSA) is 63.6 Å². The molecule has 1 N–H and O–H groups in total. The van der Waals surface area contributed by atoms with E-state index >= 15 is 0 Å². The second kappa shape index (κ2) is 6.29. The third-order valence-electron chi connectivity index (χ3n) is 2.45. The Morgan fingerprint density at radius 3 is 2.58 bits per heavy atom. The number of rotatable bonds is 5. The van der Waals surface area contributed by atoms with Gasteiger partial charge in [0.05, 0.1) is 0 Å². The van der Waals surface area contributed by atoms with E-state index in [9.17, 15) is 0 Å². The van der Waals surface area contributed by atoms with E-state index in [1.807, 2.05) is 20.8 Å². The average Bonchev–Trinajstić information content (AvgIpc) is 2.77. The van der Waals surface area contributed by atoms with Crippen LogP contribution in [0.15, 0.2) is 9.37 Å². The number of hydrogen-bond donors (Lipinski definition) is 1. The molecule has 0 fully saturated rings. The molecular formula is C12H17N5S2. The summed E-state index contributed by atoms with van der Waals surface area (Å²) in [6.45, 7) is 8.95. The molecular weight excluding hydrogens is 278 g/mol. The minimum atomic E-state index is 0.771. The van der Waals surface area contributed by atoms with Gasteiger partial charge in [-0.15, -0.1) is 10.2 Å². The predicted molar refractivity (Wildman–Crippen MR) is 79.1 cm³/mol. The van der Waals surface area contributed by atoms with Crippen LogP contribution in [-0.2, 0) is 0 Å². The summed E-state index contributed by atoms with van der Waals surface area (Å²) in [6.07, 6.45) is 1.07. The quantitative estimate of drug-likeness (QED) is 0.854. The van der Waals surface area contributed by atoms with Crippen molar-refractivity contribution in [2.75, 3.05) is 11.9 Å². The van der Waals surface area contributed by atoms with Gasteiger partial charge in [-0.25, -0.2) is 9.97 Å². The van der Waals surface area contributed by atoms with Crippen molar-refractivity contribution < 1.29 is 0 Å². The smallest absolute Gasteiger partial charge is 0.180 e. The number of hydrogen-bond acceptors (Lipinski definition) is 7. The first-order chi connectivity index (χ1) is 9.10. The number of aryl methyl sites for hydroxylation is 2. The second-order valence-electron chi connectivity index (χ2n) is 4.17. The van der Waals surface area contributed by atoms with Crippen molar-refractivity contribution in [1.82, 2.24) is 20.2 Å². The van der Waals surface area contributed by atoms with Crippen LogP contribution in [0.1, 0.15) is 29.7 Å². The molecule has 0 amide bonds. The molecule has 0 saturated carbocycles. The van der Waals surface area contributed by atoms with Crippen molar-refractivity contribution in [2.24, 2.45) is 0 Å². The van der Waals surface area contributed by atoms with Crippen LogP contribution in [0.4, 0.5) is 5.82 Å². The lowest BCUT2D eigenvalue weighted by Crippen LogP contribution is -2.07. The molecule has 0 atom stereocenters. The molecule has 5 nitrogen and oxygen atoms in total. The summed E-state index contributed by atoms with van der Waals surface area (Å²) in [4.78, 5) is 8.95. The Morgan fingerprint density at radius 2 is 1.95 bits per heavy atom. The number of nitrogens with zero attached hydrogens (tertiary/aromatic N) is 4. The van der Waals surface area contributed by atoms with Crippen molar-refractivity contribution in [3.63, 3.8) is 0 Å². The highest BCUT2D eigenvalue weighted by Gasteiger charge is 2.12. The summed E-state index contributed by atoms with van der Waals surface area (Å²) in [5, 5.41) is 13.4. The zero-order valence-corrected chi connectivity index (χ0v) is 13.2. The molecule has 0 aliphatic heterocycles. The normalized spacial score (nSPS) is 10.7. The van der Waals surface area contributed by atoms with E-state index in [0.717, 1.165) is 44.5 Å². The van der Waals surface area contributed by atoms with E-state index in [1.165, 1.54) is 0 Å². The van der Waals surface area contributed by atoms with E-state index in [-0.39, 0.29) is 0 Å². The lowest BCUT2D eigenvalue weighted by molar-refractivity contribution is 0.906. The van der Waals surface area contributed by atoms with Crippen LogP contribution < -0.4 is 5.32 Å². The van der Waals surface area contributed by atoms with Crippen molar-refractivity contribution in [2.45, 2.75) is 43.5 Å². The van der Waals surface area contributed by atoms with Crippen molar-refractivity contribution >= 4 is 28.9 Å². The van der Waals surface area contributed by atoms with Gasteiger partial charge in [-0.05, 0) is 39.0 Å². The molecule has 102 valence electrons. The van der Waals surface area contributed by atoms with Gasteiger partial charge in [0.1, 0.15) is 21.7 Å². The van der Waals surface area contributed by atoms with Gasteiger partial charge in [0.15, 0.2) is 4.34 Å². The Labute approximate surface area is 121 Å². The first kappa shape index (κ1) is 14.2. The molecule has 0 unspecified atom stereocenters. The van der Waals surface area contributed by atoms with Gasteiger partial charge in [-0.2, -0.15) is 0 Å². The number of anilines is 1.